The van der Waals surface area contributed by atoms with Crippen LogP contribution in [-0.2, 0) is 4.74 Å². The smallest absolute Gasteiger partial charge is 0.262 e. The summed E-state index contributed by atoms with van der Waals surface area (Å²) in [5.74, 6) is -2.51. The highest BCUT2D eigenvalue weighted by Crippen LogP contribution is 2.45. The summed E-state index contributed by atoms with van der Waals surface area (Å²) in [7, 11) is 0. The van der Waals surface area contributed by atoms with Crippen LogP contribution in [0.3, 0.4) is 0 Å². The van der Waals surface area contributed by atoms with Crippen molar-refractivity contribution in [2.24, 2.45) is 0 Å². The van der Waals surface area contributed by atoms with E-state index in [1.807, 2.05) is 18.7 Å². The van der Waals surface area contributed by atoms with Crippen molar-refractivity contribution in [3.05, 3.63) is 0 Å². The molecule has 2 nitrogen and oxygen atoms in total. The van der Waals surface area contributed by atoms with Crippen LogP contribution in [0.15, 0.2) is 0 Å². The SMILES string of the molecule is CC(C)OC[C@]12CCCN1CC(F)(F)C2. The summed E-state index contributed by atoms with van der Waals surface area (Å²) >= 11 is 0. The topological polar surface area (TPSA) is 12.5 Å². The lowest BCUT2D eigenvalue weighted by molar-refractivity contribution is -0.00952. The average Bonchev–Trinajstić information content (AvgIpc) is 2.53. The van der Waals surface area contributed by atoms with E-state index in [1.54, 1.807) is 0 Å². The van der Waals surface area contributed by atoms with Crippen molar-refractivity contribution in [1.82, 2.24) is 4.90 Å². The van der Waals surface area contributed by atoms with Crippen molar-refractivity contribution in [2.45, 2.75) is 50.7 Å². The first kappa shape index (κ1) is 11.3. The van der Waals surface area contributed by atoms with Crippen LogP contribution in [0, 0.1) is 0 Å². The third-order valence-corrected chi connectivity index (χ3v) is 3.44. The van der Waals surface area contributed by atoms with Crippen LogP contribution in [0.25, 0.3) is 0 Å². The first-order valence-corrected chi connectivity index (χ1v) is 5.68. The molecule has 1 atom stereocenters. The van der Waals surface area contributed by atoms with Gasteiger partial charge >= 0.3 is 0 Å². The number of rotatable bonds is 3. The largest absolute Gasteiger partial charge is 0.377 e. The zero-order chi connectivity index (χ0) is 11.1. The molecule has 0 radical (unpaired) electrons. The lowest BCUT2D eigenvalue weighted by atomic mass is 9.94. The Morgan fingerprint density at radius 2 is 2.13 bits per heavy atom. The second-order valence-corrected chi connectivity index (χ2v) is 5.14. The van der Waals surface area contributed by atoms with Crippen LogP contribution in [0.2, 0.25) is 0 Å². The molecule has 2 aliphatic heterocycles. The molecule has 0 aromatic rings. The lowest BCUT2D eigenvalue weighted by Crippen LogP contribution is -2.43. The molecule has 88 valence electrons. The molecule has 0 spiro atoms. The molecule has 0 bridgehead atoms. The van der Waals surface area contributed by atoms with Crippen LogP contribution in [0.4, 0.5) is 8.78 Å². The minimum Gasteiger partial charge on any atom is -0.377 e. The van der Waals surface area contributed by atoms with Gasteiger partial charge in [0.15, 0.2) is 0 Å². The quantitative estimate of drug-likeness (QED) is 0.722. The molecule has 2 heterocycles. The number of halogens is 2. The molecule has 0 aliphatic carbocycles. The van der Waals surface area contributed by atoms with Gasteiger partial charge in [-0.15, -0.1) is 0 Å². The molecule has 0 saturated carbocycles. The Balaban J connectivity index is 2.04. The summed E-state index contributed by atoms with van der Waals surface area (Å²) in [6.07, 6.45) is 1.98. The maximum absolute atomic E-state index is 13.3. The van der Waals surface area contributed by atoms with Gasteiger partial charge in [0.25, 0.3) is 5.92 Å². The number of alkyl halides is 2. The minimum atomic E-state index is -2.51. The zero-order valence-electron chi connectivity index (χ0n) is 9.43. The minimum absolute atomic E-state index is 0.0211. The highest BCUT2D eigenvalue weighted by atomic mass is 19.3. The van der Waals surface area contributed by atoms with Gasteiger partial charge in [0.2, 0.25) is 0 Å². The summed E-state index contributed by atoms with van der Waals surface area (Å²) in [5, 5.41) is 0. The van der Waals surface area contributed by atoms with Gasteiger partial charge in [-0.3, -0.25) is 4.90 Å². The predicted octanol–water partition coefficient (Wildman–Crippen LogP) is 2.29. The molecule has 0 amide bonds. The van der Waals surface area contributed by atoms with E-state index < -0.39 is 5.92 Å². The van der Waals surface area contributed by atoms with E-state index in [1.165, 1.54) is 0 Å². The standard InChI is InChI=1S/C11H19F2NO/c1-9(2)15-8-10-4-3-5-14(10)7-11(12,13)6-10/h9H,3-8H2,1-2H3/t10-/m1/s1. The number of ether oxygens (including phenoxy) is 1. The second-order valence-electron chi connectivity index (χ2n) is 5.14. The van der Waals surface area contributed by atoms with Gasteiger partial charge in [0.1, 0.15) is 0 Å². The van der Waals surface area contributed by atoms with Crippen LogP contribution in [-0.4, -0.2) is 42.2 Å². The molecule has 2 rings (SSSR count). The van der Waals surface area contributed by atoms with Crippen molar-refractivity contribution in [2.75, 3.05) is 19.7 Å². The van der Waals surface area contributed by atoms with Crippen molar-refractivity contribution in [1.29, 1.82) is 0 Å². The van der Waals surface area contributed by atoms with Crippen molar-refractivity contribution in [3.63, 3.8) is 0 Å². The Labute approximate surface area is 89.6 Å². The van der Waals surface area contributed by atoms with E-state index in [2.05, 4.69) is 0 Å². The van der Waals surface area contributed by atoms with Crippen molar-refractivity contribution < 1.29 is 13.5 Å². The van der Waals surface area contributed by atoms with E-state index >= 15 is 0 Å². The predicted molar refractivity (Wildman–Crippen MR) is 54.2 cm³/mol. The number of fused-ring (bicyclic) bond motifs is 1. The monoisotopic (exact) mass is 219 g/mol. The van der Waals surface area contributed by atoms with Gasteiger partial charge in [0.05, 0.1) is 24.8 Å². The van der Waals surface area contributed by atoms with Crippen LogP contribution >= 0.6 is 0 Å². The maximum atomic E-state index is 13.3. The summed E-state index contributed by atoms with van der Waals surface area (Å²) in [5.41, 5.74) is -0.367. The zero-order valence-corrected chi connectivity index (χ0v) is 9.43. The summed E-state index contributed by atoms with van der Waals surface area (Å²) in [6, 6.07) is 0. The summed E-state index contributed by atoms with van der Waals surface area (Å²) in [6.45, 7) is 5.08. The Bertz CT molecular complexity index is 245. The maximum Gasteiger partial charge on any atom is 0.262 e. The van der Waals surface area contributed by atoms with E-state index in [4.69, 9.17) is 4.74 Å². The van der Waals surface area contributed by atoms with Crippen LogP contribution in [0.5, 0.6) is 0 Å². The lowest BCUT2D eigenvalue weighted by Gasteiger charge is -2.31. The molecule has 2 aliphatic rings. The molecule has 0 aromatic carbocycles. The van der Waals surface area contributed by atoms with Gasteiger partial charge in [-0.25, -0.2) is 8.78 Å². The highest BCUT2D eigenvalue weighted by Gasteiger charge is 2.56. The van der Waals surface area contributed by atoms with Crippen molar-refractivity contribution >= 4 is 0 Å². The van der Waals surface area contributed by atoms with Gasteiger partial charge in [0, 0.05) is 6.42 Å². The molecule has 0 N–H and O–H groups in total. The molecular weight excluding hydrogens is 200 g/mol. The first-order chi connectivity index (χ1) is 6.94. The van der Waals surface area contributed by atoms with Crippen molar-refractivity contribution in [3.8, 4) is 0 Å². The van der Waals surface area contributed by atoms with Crippen LogP contribution in [0.1, 0.15) is 33.1 Å². The normalized spacial score (nSPS) is 35.0. The van der Waals surface area contributed by atoms with E-state index in [9.17, 15) is 8.78 Å². The molecule has 2 fully saturated rings. The van der Waals surface area contributed by atoms with Crippen LogP contribution < -0.4 is 0 Å². The molecule has 4 heteroatoms. The Hall–Kier alpha value is -0.220. The molecular formula is C11H19F2NO. The molecule has 15 heavy (non-hydrogen) atoms. The van der Waals surface area contributed by atoms with Gasteiger partial charge in [-0.05, 0) is 33.2 Å². The molecule has 2 saturated heterocycles. The number of hydrogen-bond donors (Lipinski definition) is 0. The Morgan fingerprint density at radius 1 is 1.40 bits per heavy atom. The van der Waals surface area contributed by atoms with E-state index in [0.29, 0.717) is 6.61 Å². The third kappa shape index (κ3) is 2.16. The average molecular weight is 219 g/mol. The first-order valence-electron chi connectivity index (χ1n) is 5.68. The fourth-order valence-corrected chi connectivity index (χ4v) is 2.79. The number of hydrogen-bond acceptors (Lipinski definition) is 2. The highest BCUT2D eigenvalue weighted by molar-refractivity contribution is 5.06. The molecule has 0 aromatic heterocycles. The molecule has 0 unspecified atom stereocenters. The Morgan fingerprint density at radius 3 is 2.80 bits per heavy atom. The summed E-state index contributed by atoms with van der Waals surface area (Å²) < 4.78 is 32.2. The number of nitrogens with zero attached hydrogens (tertiary/aromatic N) is 1. The van der Waals surface area contributed by atoms with E-state index in [0.717, 1.165) is 19.4 Å². The van der Waals surface area contributed by atoms with Gasteiger partial charge in [-0.1, -0.05) is 0 Å². The Kier molecular flexibility index (Phi) is 2.75. The fraction of sp³-hybridized carbons (Fsp3) is 1.00. The van der Waals surface area contributed by atoms with Gasteiger partial charge in [-0.2, -0.15) is 0 Å². The second kappa shape index (κ2) is 3.67. The fourth-order valence-electron chi connectivity index (χ4n) is 2.79. The van der Waals surface area contributed by atoms with Gasteiger partial charge < -0.3 is 4.74 Å². The van der Waals surface area contributed by atoms with E-state index in [-0.39, 0.29) is 24.6 Å². The third-order valence-electron chi connectivity index (χ3n) is 3.44. The summed E-state index contributed by atoms with van der Waals surface area (Å²) in [4.78, 5) is 1.93.